The molecule has 2 N–H and O–H groups in total. The first-order valence-electron chi connectivity index (χ1n) is 9.75. The lowest BCUT2D eigenvalue weighted by molar-refractivity contribution is 0.0420. The second kappa shape index (κ2) is 13.3. The molecule has 2 unspecified atom stereocenters. The second-order valence-corrected chi connectivity index (χ2v) is 6.56. The highest BCUT2D eigenvalue weighted by molar-refractivity contribution is 5.79. The summed E-state index contributed by atoms with van der Waals surface area (Å²) < 4.78 is 22.1. The molecule has 7 nitrogen and oxygen atoms in total. The van der Waals surface area contributed by atoms with E-state index in [-0.39, 0.29) is 6.10 Å². The van der Waals surface area contributed by atoms with Crippen molar-refractivity contribution in [1.29, 1.82) is 0 Å². The van der Waals surface area contributed by atoms with Gasteiger partial charge >= 0.3 is 0 Å². The summed E-state index contributed by atoms with van der Waals surface area (Å²) in [5, 5.41) is 6.62. The SMILES string of the molecule is CCNC(=NCCCOCC1CCOC1)NCCCOC1CCOC1. The minimum Gasteiger partial charge on any atom is -0.381 e. The van der Waals surface area contributed by atoms with E-state index < -0.39 is 0 Å². The zero-order chi connectivity index (χ0) is 17.6. The molecule has 2 rings (SSSR count). The molecule has 2 aliphatic heterocycles. The molecule has 2 heterocycles. The molecular weight excluding hydrogens is 322 g/mol. The summed E-state index contributed by atoms with van der Waals surface area (Å²) in [5.74, 6) is 1.45. The molecule has 0 aromatic carbocycles. The summed E-state index contributed by atoms with van der Waals surface area (Å²) in [6.07, 6.45) is 4.35. The number of nitrogens with one attached hydrogen (secondary N) is 2. The van der Waals surface area contributed by atoms with Crippen LogP contribution in [0.4, 0.5) is 0 Å². The van der Waals surface area contributed by atoms with E-state index in [2.05, 4.69) is 22.5 Å². The number of nitrogens with zero attached hydrogens (tertiary/aromatic N) is 1. The summed E-state index contributed by atoms with van der Waals surface area (Å²) in [6.45, 7) is 10.2. The van der Waals surface area contributed by atoms with Crippen molar-refractivity contribution in [2.24, 2.45) is 10.9 Å². The van der Waals surface area contributed by atoms with Crippen LogP contribution in [0, 0.1) is 5.92 Å². The average molecular weight is 357 g/mol. The molecule has 2 saturated heterocycles. The summed E-state index contributed by atoms with van der Waals surface area (Å²) in [6, 6.07) is 0. The number of guanidine groups is 1. The van der Waals surface area contributed by atoms with Gasteiger partial charge in [0.2, 0.25) is 0 Å². The molecule has 0 bridgehead atoms. The van der Waals surface area contributed by atoms with E-state index in [0.29, 0.717) is 5.92 Å². The summed E-state index contributed by atoms with van der Waals surface area (Å²) in [7, 11) is 0. The van der Waals surface area contributed by atoms with Gasteiger partial charge < -0.3 is 29.6 Å². The van der Waals surface area contributed by atoms with Crippen LogP contribution < -0.4 is 10.6 Å². The van der Waals surface area contributed by atoms with Crippen LogP contribution >= 0.6 is 0 Å². The molecule has 0 aromatic rings. The van der Waals surface area contributed by atoms with Crippen molar-refractivity contribution < 1.29 is 18.9 Å². The number of aliphatic imine (C=N–C) groups is 1. The van der Waals surface area contributed by atoms with Crippen LogP contribution in [0.15, 0.2) is 4.99 Å². The van der Waals surface area contributed by atoms with Gasteiger partial charge in [-0.15, -0.1) is 0 Å². The maximum absolute atomic E-state index is 5.76. The van der Waals surface area contributed by atoms with Gasteiger partial charge in [-0.25, -0.2) is 0 Å². The molecule has 2 fully saturated rings. The van der Waals surface area contributed by atoms with Crippen LogP contribution in [0.25, 0.3) is 0 Å². The Kier molecular flexibility index (Phi) is 10.9. The second-order valence-electron chi connectivity index (χ2n) is 6.56. The molecule has 0 spiro atoms. The molecule has 0 amide bonds. The standard InChI is InChI=1S/C18H35N3O4/c1-2-19-18(21-8-4-10-25-17-6-12-24-15-17)20-7-3-9-22-13-16-5-11-23-14-16/h16-17H,2-15H2,1H3,(H2,19,20,21). The van der Waals surface area contributed by atoms with Crippen molar-refractivity contribution >= 4 is 5.96 Å². The first-order valence-corrected chi connectivity index (χ1v) is 9.75. The normalized spacial score (nSPS) is 24.0. The van der Waals surface area contributed by atoms with Crippen LogP contribution in [0.2, 0.25) is 0 Å². The lowest BCUT2D eigenvalue weighted by atomic mass is 10.1. The third-order valence-electron chi connectivity index (χ3n) is 4.29. The molecule has 7 heteroatoms. The fourth-order valence-electron chi connectivity index (χ4n) is 2.84. The first kappa shape index (κ1) is 20.4. The van der Waals surface area contributed by atoms with Crippen LogP contribution in [-0.2, 0) is 18.9 Å². The Morgan fingerprint density at radius 2 is 1.96 bits per heavy atom. The zero-order valence-corrected chi connectivity index (χ0v) is 15.6. The van der Waals surface area contributed by atoms with Crippen molar-refractivity contribution in [3.8, 4) is 0 Å². The lowest BCUT2D eigenvalue weighted by Gasteiger charge is -2.13. The van der Waals surface area contributed by atoms with Crippen molar-refractivity contribution in [3.63, 3.8) is 0 Å². The molecule has 0 radical (unpaired) electrons. The largest absolute Gasteiger partial charge is 0.381 e. The quantitative estimate of drug-likeness (QED) is 0.310. The van der Waals surface area contributed by atoms with Crippen LogP contribution in [0.3, 0.4) is 0 Å². The topological polar surface area (TPSA) is 73.3 Å². The Hall–Kier alpha value is -0.890. The van der Waals surface area contributed by atoms with E-state index in [1.165, 1.54) is 0 Å². The maximum atomic E-state index is 5.76. The fourth-order valence-corrected chi connectivity index (χ4v) is 2.84. The van der Waals surface area contributed by atoms with Gasteiger partial charge in [-0.3, -0.25) is 4.99 Å². The third kappa shape index (κ3) is 9.39. The highest BCUT2D eigenvalue weighted by Crippen LogP contribution is 2.12. The van der Waals surface area contributed by atoms with Gasteiger partial charge in [-0.1, -0.05) is 0 Å². The van der Waals surface area contributed by atoms with Crippen molar-refractivity contribution in [3.05, 3.63) is 0 Å². The van der Waals surface area contributed by atoms with E-state index in [9.17, 15) is 0 Å². The molecule has 25 heavy (non-hydrogen) atoms. The van der Waals surface area contributed by atoms with Crippen LogP contribution in [0.1, 0.15) is 32.6 Å². The van der Waals surface area contributed by atoms with Crippen LogP contribution in [-0.4, -0.2) is 77.9 Å². The van der Waals surface area contributed by atoms with E-state index >= 15 is 0 Å². The maximum Gasteiger partial charge on any atom is 0.191 e. The van der Waals surface area contributed by atoms with Gasteiger partial charge in [0.25, 0.3) is 0 Å². The smallest absolute Gasteiger partial charge is 0.191 e. The molecule has 0 saturated carbocycles. The minimum atomic E-state index is 0.290. The van der Waals surface area contributed by atoms with Gasteiger partial charge in [-0.05, 0) is 32.6 Å². The lowest BCUT2D eigenvalue weighted by Crippen LogP contribution is -2.38. The fraction of sp³-hybridized carbons (Fsp3) is 0.944. The Bertz CT molecular complexity index is 356. The van der Waals surface area contributed by atoms with E-state index in [4.69, 9.17) is 18.9 Å². The third-order valence-corrected chi connectivity index (χ3v) is 4.29. The predicted octanol–water partition coefficient (Wildman–Crippen LogP) is 1.18. The Balaban J connectivity index is 1.46. The number of hydrogen-bond acceptors (Lipinski definition) is 5. The molecule has 0 aromatic heterocycles. The van der Waals surface area contributed by atoms with Crippen molar-refractivity contribution in [2.45, 2.75) is 38.7 Å². The van der Waals surface area contributed by atoms with Crippen molar-refractivity contribution in [1.82, 2.24) is 10.6 Å². The molecule has 146 valence electrons. The Morgan fingerprint density at radius 3 is 2.72 bits per heavy atom. The highest BCUT2D eigenvalue weighted by atomic mass is 16.5. The molecule has 2 atom stereocenters. The van der Waals surface area contributed by atoms with E-state index in [0.717, 1.165) is 97.5 Å². The number of ether oxygens (including phenoxy) is 4. The average Bonchev–Trinajstić information content (AvgIpc) is 3.31. The molecule has 0 aliphatic carbocycles. The summed E-state index contributed by atoms with van der Waals surface area (Å²) in [4.78, 5) is 4.59. The van der Waals surface area contributed by atoms with E-state index in [1.54, 1.807) is 0 Å². The van der Waals surface area contributed by atoms with Crippen molar-refractivity contribution in [2.75, 3.05) is 65.9 Å². The van der Waals surface area contributed by atoms with Gasteiger partial charge in [0.1, 0.15) is 0 Å². The number of rotatable bonds is 12. The number of hydrogen-bond donors (Lipinski definition) is 2. The van der Waals surface area contributed by atoms with Gasteiger partial charge in [0.15, 0.2) is 5.96 Å². The zero-order valence-electron chi connectivity index (χ0n) is 15.6. The van der Waals surface area contributed by atoms with Gasteiger partial charge in [-0.2, -0.15) is 0 Å². The molecule has 2 aliphatic rings. The molecular formula is C18H35N3O4. The minimum absolute atomic E-state index is 0.290. The Labute approximate surface area is 151 Å². The monoisotopic (exact) mass is 357 g/mol. The predicted molar refractivity (Wildman–Crippen MR) is 98.1 cm³/mol. The van der Waals surface area contributed by atoms with Gasteiger partial charge in [0, 0.05) is 52.0 Å². The Morgan fingerprint density at radius 1 is 1.08 bits per heavy atom. The summed E-state index contributed by atoms with van der Waals surface area (Å²) >= 11 is 0. The summed E-state index contributed by atoms with van der Waals surface area (Å²) in [5.41, 5.74) is 0. The van der Waals surface area contributed by atoms with Crippen LogP contribution in [0.5, 0.6) is 0 Å². The highest BCUT2D eigenvalue weighted by Gasteiger charge is 2.15. The first-order chi connectivity index (χ1) is 12.4. The van der Waals surface area contributed by atoms with Gasteiger partial charge in [0.05, 0.1) is 25.9 Å². The van der Waals surface area contributed by atoms with E-state index in [1.807, 2.05) is 0 Å².